The van der Waals surface area contributed by atoms with Gasteiger partial charge in [0.1, 0.15) is 5.75 Å². The molecule has 0 aliphatic carbocycles. The molecule has 2 aromatic rings. The van der Waals surface area contributed by atoms with E-state index in [1.807, 2.05) is 32.2 Å². The Balaban J connectivity index is 1.94. The van der Waals surface area contributed by atoms with Crippen LogP contribution in [0.4, 0.5) is 0 Å². The number of rotatable bonds is 6. The molecule has 0 spiro atoms. The highest BCUT2D eigenvalue weighted by atomic mass is 35.5. The van der Waals surface area contributed by atoms with Crippen molar-refractivity contribution in [3.05, 3.63) is 64.2 Å². The van der Waals surface area contributed by atoms with E-state index < -0.39 is 0 Å². The molecule has 0 saturated carbocycles. The average molecular weight is 304 g/mol. The van der Waals surface area contributed by atoms with Crippen LogP contribution >= 0.6 is 11.6 Å². The second-order valence-corrected chi connectivity index (χ2v) is 5.71. The summed E-state index contributed by atoms with van der Waals surface area (Å²) in [5, 5.41) is 4.14. The summed E-state index contributed by atoms with van der Waals surface area (Å²) in [6, 6.07) is 14.6. The monoisotopic (exact) mass is 303 g/mol. The number of aryl methyl sites for hydroxylation is 2. The number of hydrogen-bond acceptors (Lipinski definition) is 2. The van der Waals surface area contributed by atoms with Crippen LogP contribution in [-0.4, -0.2) is 13.7 Å². The summed E-state index contributed by atoms with van der Waals surface area (Å²) in [6.07, 6.45) is 0.893. The van der Waals surface area contributed by atoms with Crippen LogP contribution in [0, 0.1) is 13.8 Å². The number of nitrogens with one attached hydrogen (secondary N) is 1. The first kappa shape index (κ1) is 15.9. The summed E-state index contributed by atoms with van der Waals surface area (Å²) in [7, 11) is 1.96. The molecule has 112 valence electrons. The maximum Gasteiger partial charge on any atom is 0.119 e. The highest BCUT2D eigenvalue weighted by molar-refractivity contribution is 6.31. The molecule has 2 rings (SSSR count). The molecule has 0 aliphatic heterocycles. The standard InChI is InChI=1S/C18H22ClNO/c1-13-5-4-6-16(11-13)21-10-9-18(20-3)15-8-7-14(2)17(19)12-15/h4-8,11-12,18,20H,9-10H2,1-3H3. The smallest absolute Gasteiger partial charge is 0.119 e. The van der Waals surface area contributed by atoms with Crippen LogP contribution in [0.25, 0.3) is 0 Å². The van der Waals surface area contributed by atoms with Crippen molar-refractivity contribution < 1.29 is 4.74 Å². The fraction of sp³-hybridized carbons (Fsp3) is 0.333. The molecule has 2 nitrogen and oxygen atoms in total. The lowest BCUT2D eigenvalue weighted by Gasteiger charge is -2.18. The number of ether oxygens (including phenoxy) is 1. The number of halogens is 1. The van der Waals surface area contributed by atoms with Crippen molar-refractivity contribution in [2.75, 3.05) is 13.7 Å². The predicted octanol–water partition coefficient (Wildman–Crippen LogP) is 4.69. The Morgan fingerprint density at radius 2 is 1.95 bits per heavy atom. The summed E-state index contributed by atoms with van der Waals surface area (Å²) in [5.41, 5.74) is 3.51. The summed E-state index contributed by atoms with van der Waals surface area (Å²) in [5.74, 6) is 0.923. The largest absolute Gasteiger partial charge is 0.494 e. The molecular weight excluding hydrogens is 282 g/mol. The van der Waals surface area contributed by atoms with Gasteiger partial charge in [0.2, 0.25) is 0 Å². The zero-order valence-electron chi connectivity index (χ0n) is 12.8. The average Bonchev–Trinajstić information content (AvgIpc) is 2.47. The normalized spacial score (nSPS) is 12.2. The predicted molar refractivity (Wildman–Crippen MR) is 89.3 cm³/mol. The van der Waals surface area contributed by atoms with Crippen LogP contribution < -0.4 is 10.1 Å². The molecule has 1 N–H and O–H groups in total. The maximum atomic E-state index is 6.20. The first-order chi connectivity index (χ1) is 10.1. The van der Waals surface area contributed by atoms with E-state index in [4.69, 9.17) is 16.3 Å². The first-order valence-electron chi connectivity index (χ1n) is 7.23. The van der Waals surface area contributed by atoms with Crippen LogP contribution in [0.15, 0.2) is 42.5 Å². The van der Waals surface area contributed by atoms with Gasteiger partial charge in [-0.2, -0.15) is 0 Å². The van der Waals surface area contributed by atoms with Crippen molar-refractivity contribution in [2.24, 2.45) is 0 Å². The minimum absolute atomic E-state index is 0.243. The van der Waals surface area contributed by atoms with Gasteiger partial charge in [-0.3, -0.25) is 0 Å². The molecule has 0 fully saturated rings. The van der Waals surface area contributed by atoms with Gasteiger partial charge >= 0.3 is 0 Å². The lowest BCUT2D eigenvalue weighted by atomic mass is 10.0. The molecule has 0 aromatic heterocycles. The summed E-state index contributed by atoms with van der Waals surface area (Å²) in [6.45, 7) is 4.75. The van der Waals surface area contributed by atoms with Crippen LogP contribution in [0.2, 0.25) is 5.02 Å². The minimum atomic E-state index is 0.243. The van der Waals surface area contributed by atoms with Crippen molar-refractivity contribution in [3.63, 3.8) is 0 Å². The van der Waals surface area contributed by atoms with Gasteiger partial charge in [0.05, 0.1) is 6.61 Å². The molecule has 0 bridgehead atoms. The maximum absolute atomic E-state index is 6.20. The van der Waals surface area contributed by atoms with Gasteiger partial charge in [-0.15, -0.1) is 0 Å². The highest BCUT2D eigenvalue weighted by Crippen LogP contribution is 2.23. The molecule has 0 saturated heterocycles. The molecule has 0 amide bonds. The Bertz CT molecular complexity index is 598. The second kappa shape index (κ2) is 7.48. The Morgan fingerprint density at radius 3 is 2.62 bits per heavy atom. The van der Waals surface area contributed by atoms with Crippen molar-refractivity contribution in [1.29, 1.82) is 0 Å². The third kappa shape index (κ3) is 4.48. The van der Waals surface area contributed by atoms with E-state index in [1.54, 1.807) is 0 Å². The van der Waals surface area contributed by atoms with Gasteiger partial charge < -0.3 is 10.1 Å². The first-order valence-corrected chi connectivity index (χ1v) is 7.60. The van der Waals surface area contributed by atoms with E-state index in [-0.39, 0.29) is 6.04 Å². The Kier molecular flexibility index (Phi) is 5.66. The SMILES string of the molecule is CNC(CCOc1cccc(C)c1)c1ccc(C)c(Cl)c1. The summed E-state index contributed by atoms with van der Waals surface area (Å²) in [4.78, 5) is 0. The molecule has 3 heteroatoms. The number of benzene rings is 2. The van der Waals surface area contributed by atoms with Crippen LogP contribution in [0.3, 0.4) is 0 Å². The van der Waals surface area contributed by atoms with Crippen LogP contribution in [0.5, 0.6) is 5.75 Å². The molecule has 21 heavy (non-hydrogen) atoms. The Hall–Kier alpha value is -1.51. The quantitative estimate of drug-likeness (QED) is 0.836. The lowest BCUT2D eigenvalue weighted by molar-refractivity contribution is 0.290. The molecule has 2 aromatic carbocycles. The van der Waals surface area contributed by atoms with E-state index in [0.717, 1.165) is 22.8 Å². The van der Waals surface area contributed by atoms with E-state index in [9.17, 15) is 0 Å². The lowest BCUT2D eigenvalue weighted by Crippen LogP contribution is -2.19. The Labute approximate surface area is 132 Å². The van der Waals surface area contributed by atoms with Gasteiger partial charge in [-0.05, 0) is 55.8 Å². The van der Waals surface area contributed by atoms with Gasteiger partial charge in [-0.25, -0.2) is 0 Å². The van der Waals surface area contributed by atoms with Gasteiger partial charge in [0.15, 0.2) is 0 Å². The van der Waals surface area contributed by atoms with Crippen LogP contribution in [0.1, 0.15) is 29.2 Å². The third-order valence-electron chi connectivity index (χ3n) is 3.61. The van der Waals surface area contributed by atoms with Crippen molar-refractivity contribution in [1.82, 2.24) is 5.32 Å². The minimum Gasteiger partial charge on any atom is -0.494 e. The second-order valence-electron chi connectivity index (χ2n) is 5.30. The van der Waals surface area contributed by atoms with E-state index >= 15 is 0 Å². The Morgan fingerprint density at radius 1 is 1.14 bits per heavy atom. The van der Waals surface area contributed by atoms with Crippen molar-refractivity contribution in [2.45, 2.75) is 26.3 Å². The molecule has 1 unspecified atom stereocenters. The number of hydrogen-bond donors (Lipinski definition) is 1. The molecule has 0 aliphatic rings. The van der Waals surface area contributed by atoms with Crippen molar-refractivity contribution in [3.8, 4) is 5.75 Å². The fourth-order valence-corrected chi connectivity index (χ4v) is 2.49. The van der Waals surface area contributed by atoms with Crippen LogP contribution in [-0.2, 0) is 0 Å². The van der Waals surface area contributed by atoms with Gasteiger partial charge in [-0.1, -0.05) is 35.9 Å². The molecule has 0 heterocycles. The molecule has 0 radical (unpaired) electrons. The summed E-state index contributed by atoms with van der Waals surface area (Å²) >= 11 is 6.20. The van der Waals surface area contributed by atoms with Gasteiger partial charge in [0, 0.05) is 17.5 Å². The highest BCUT2D eigenvalue weighted by Gasteiger charge is 2.10. The van der Waals surface area contributed by atoms with E-state index in [2.05, 4.69) is 36.5 Å². The van der Waals surface area contributed by atoms with Gasteiger partial charge in [0.25, 0.3) is 0 Å². The summed E-state index contributed by atoms with van der Waals surface area (Å²) < 4.78 is 5.82. The fourth-order valence-electron chi connectivity index (χ4n) is 2.30. The van der Waals surface area contributed by atoms with E-state index in [0.29, 0.717) is 6.61 Å². The zero-order valence-corrected chi connectivity index (χ0v) is 13.6. The zero-order chi connectivity index (χ0) is 15.2. The van der Waals surface area contributed by atoms with E-state index in [1.165, 1.54) is 11.1 Å². The topological polar surface area (TPSA) is 21.3 Å². The molecular formula is C18H22ClNO. The molecule has 1 atom stereocenters. The van der Waals surface area contributed by atoms with Crippen molar-refractivity contribution >= 4 is 11.6 Å². The third-order valence-corrected chi connectivity index (χ3v) is 4.02.